The van der Waals surface area contributed by atoms with E-state index in [1.807, 2.05) is 41.5 Å². The summed E-state index contributed by atoms with van der Waals surface area (Å²) in [6.45, 7) is 11.7. The summed E-state index contributed by atoms with van der Waals surface area (Å²) in [5.74, 6) is 0.186. The average molecular weight is 260 g/mol. The van der Waals surface area contributed by atoms with Gasteiger partial charge in [0.25, 0.3) is 0 Å². The summed E-state index contributed by atoms with van der Waals surface area (Å²) >= 11 is 0. The van der Waals surface area contributed by atoms with Gasteiger partial charge >= 0.3 is 6.09 Å². The lowest BCUT2D eigenvalue weighted by Gasteiger charge is -2.38. The Morgan fingerprint density at radius 3 is 2.06 bits per heavy atom. The van der Waals surface area contributed by atoms with E-state index in [-0.39, 0.29) is 12.0 Å². The van der Waals surface area contributed by atoms with Crippen molar-refractivity contribution in [3.8, 4) is 0 Å². The number of alkyl carbamates (subject to hydrolysis) is 1. The molecule has 0 heterocycles. The van der Waals surface area contributed by atoms with Crippen molar-refractivity contribution in [2.45, 2.75) is 58.8 Å². The molecule has 5 nitrogen and oxygen atoms in total. The predicted octanol–water partition coefficient (Wildman–Crippen LogP) is 1.90. The zero-order valence-electron chi connectivity index (χ0n) is 12.7. The molecule has 0 bridgehead atoms. The van der Waals surface area contributed by atoms with Gasteiger partial charge in [-0.25, -0.2) is 4.79 Å². The Bertz CT molecular complexity index is 268. The van der Waals surface area contributed by atoms with E-state index < -0.39 is 17.3 Å². The molecule has 2 unspecified atom stereocenters. The number of rotatable bonds is 5. The summed E-state index contributed by atoms with van der Waals surface area (Å²) in [5.41, 5.74) is 4.62. The molecule has 0 saturated carbocycles. The molecule has 0 radical (unpaired) electrons. The maximum Gasteiger partial charge on any atom is 0.407 e. The standard InChI is InChI=1S/C13H28N2O3/c1-9(2)10(13(6,8-14)17-7)15-11(16)18-12(3,4)5/h9-10H,8,14H2,1-7H3,(H,15,16). The van der Waals surface area contributed by atoms with Crippen molar-refractivity contribution in [1.82, 2.24) is 5.32 Å². The van der Waals surface area contributed by atoms with Crippen LogP contribution in [0.25, 0.3) is 0 Å². The fourth-order valence-electron chi connectivity index (χ4n) is 1.80. The largest absolute Gasteiger partial charge is 0.444 e. The Labute approximate surface area is 110 Å². The van der Waals surface area contributed by atoms with E-state index in [1.54, 1.807) is 7.11 Å². The number of carbonyl (C=O) groups is 1. The van der Waals surface area contributed by atoms with Gasteiger partial charge in [0, 0.05) is 13.7 Å². The number of amides is 1. The van der Waals surface area contributed by atoms with Gasteiger partial charge in [0.1, 0.15) is 5.60 Å². The van der Waals surface area contributed by atoms with Crippen LogP contribution < -0.4 is 11.1 Å². The summed E-state index contributed by atoms with van der Waals surface area (Å²) in [6, 6.07) is -0.206. The van der Waals surface area contributed by atoms with E-state index in [0.29, 0.717) is 6.54 Å². The number of methoxy groups -OCH3 is 1. The van der Waals surface area contributed by atoms with Crippen molar-refractivity contribution < 1.29 is 14.3 Å². The highest BCUT2D eigenvalue weighted by Gasteiger charge is 2.37. The van der Waals surface area contributed by atoms with Gasteiger partial charge < -0.3 is 20.5 Å². The highest BCUT2D eigenvalue weighted by atomic mass is 16.6. The number of hydrogen-bond donors (Lipinski definition) is 2. The summed E-state index contributed by atoms with van der Waals surface area (Å²) in [7, 11) is 1.60. The van der Waals surface area contributed by atoms with E-state index in [0.717, 1.165) is 0 Å². The van der Waals surface area contributed by atoms with Gasteiger partial charge in [0.15, 0.2) is 0 Å². The summed E-state index contributed by atoms with van der Waals surface area (Å²) < 4.78 is 10.7. The molecule has 2 atom stereocenters. The lowest BCUT2D eigenvalue weighted by molar-refractivity contribution is -0.0350. The minimum Gasteiger partial charge on any atom is -0.444 e. The molecule has 0 aliphatic heterocycles. The van der Waals surface area contributed by atoms with Crippen molar-refractivity contribution in [3.05, 3.63) is 0 Å². The second-order valence-corrected chi connectivity index (χ2v) is 6.09. The SMILES string of the molecule is COC(C)(CN)C(NC(=O)OC(C)(C)C)C(C)C. The Morgan fingerprint density at radius 1 is 1.28 bits per heavy atom. The van der Waals surface area contributed by atoms with Gasteiger partial charge in [-0.05, 0) is 33.6 Å². The molecule has 0 aromatic heterocycles. The van der Waals surface area contributed by atoms with Crippen molar-refractivity contribution in [1.29, 1.82) is 0 Å². The molecule has 108 valence electrons. The van der Waals surface area contributed by atoms with E-state index >= 15 is 0 Å². The first-order valence-corrected chi connectivity index (χ1v) is 6.30. The maximum atomic E-state index is 11.8. The average Bonchev–Trinajstić information content (AvgIpc) is 2.22. The highest BCUT2D eigenvalue weighted by Crippen LogP contribution is 2.21. The lowest BCUT2D eigenvalue weighted by atomic mass is 9.87. The van der Waals surface area contributed by atoms with Gasteiger partial charge in [-0.1, -0.05) is 13.8 Å². The predicted molar refractivity (Wildman–Crippen MR) is 72.5 cm³/mol. The topological polar surface area (TPSA) is 73.6 Å². The van der Waals surface area contributed by atoms with Crippen LogP contribution in [0.4, 0.5) is 4.79 Å². The van der Waals surface area contributed by atoms with Gasteiger partial charge in [-0.15, -0.1) is 0 Å². The van der Waals surface area contributed by atoms with Gasteiger partial charge in [-0.3, -0.25) is 0 Å². The first-order valence-electron chi connectivity index (χ1n) is 6.30. The quantitative estimate of drug-likeness (QED) is 0.792. The number of nitrogens with two attached hydrogens (primary N) is 1. The van der Waals surface area contributed by atoms with Crippen LogP contribution in [0.3, 0.4) is 0 Å². The van der Waals surface area contributed by atoms with Crippen LogP contribution in [0.15, 0.2) is 0 Å². The molecular formula is C13H28N2O3. The summed E-state index contributed by atoms with van der Waals surface area (Å²) in [4.78, 5) is 11.8. The normalized spacial score (nSPS) is 17.2. The van der Waals surface area contributed by atoms with Crippen LogP contribution in [0.2, 0.25) is 0 Å². The van der Waals surface area contributed by atoms with Crippen molar-refractivity contribution >= 4 is 6.09 Å². The molecule has 5 heteroatoms. The fraction of sp³-hybridized carbons (Fsp3) is 0.923. The molecule has 3 N–H and O–H groups in total. The zero-order valence-corrected chi connectivity index (χ0v) is 12.7. The molecule has 18 heavy (non-hydrogen) atoms. The molecular weight excluding hydrogens is 232 g/mol. The maximum absolute atomic E-state index is 11.8. The van der Waals surface area contributed by atoms with Gasteiger partial charge in [0.05, 0.1) is 11.6 Å². The third-order valence-corrected chi connectivity index (χ3v) is 2.87. The molecule has 0 aromatic carbocycles. The highest BCUT2D eigenvalue weighted by molar-refractivity contribution is 5.68. The van der Waals surface area contributed by atoms with Gasteiger partial charge in [-0.2, -0.15) is 0 Å². The minimum absolute atomic E-state index is 0.186. The molecule has 0 aliphatic carbocycles. The molecule has 0 saturated heterocycles. The third-order valence-electron chi connectivity index (χ3n) is 2.87. The van der Waals surface area contributed by atoms with Crippen LogP contribution in [-0.4, -0.2) is 37.0 Å². The Morgan fingerprint density at radius 2 is 1.78 bits per heavy atom. The van der Waals surface area contributed by atoms with Crippen LogP contribution in [0.1, 0.15) is 41.5 Å². The van der Waals surface area contributed by atoms with Crippen molar-refractivity contribution in [2.24, 2.45) is 11.7 Å². The van der Waals surface area contributed by atoms with E-state index in [4.69, 9.17) is 15.2 Å². The monoisotopic (exact) mass is 260 g/mol. The second kappa shape index (κ2) is 6.38. The van der Waals surface area contributed by atoms with Crippen LogP contribution in [-0.2, 0) is 9.47 Å². The number of hydrogen-bond acceptors (Lipinski definition) is 4. The van der Waals surface area contributed by atoms with Gasteiger partial charge in [0.2, 0.25) is 0 Å². The zero-order chi connectivity index (χ0) is 14.6. The molecule has 0 fully saturated rings. The number of ether oxygens (including phenoxy) is 2. The lowest BCUT2D eigenvalue weighted by Crippen LogP contribution is -2.59. The van der Waals surface area contributed by atoms with E-state index in [9.17, 15) is 4.79 Å². The molecule has 1 amide bonds. The number of nitrogens with one attached hydrogen (secondary N) is 1. The summed E-state index contributed by atoms with van der Waals surface area (Å²) in [6.07, 6.45) is -0.446. The third kappa shape index (κ3) is 5.23. The Balaban J connectivity index is 4.80. The Kier molecular flexibility index (Phi) is 6.10. The first kappa shape index (κ1) is 17.2. The summed E-state index contributed by atoms with van der Waals surface area (Å²) in [5, 5.41) is 2.85. The number of carbonyl (C=O) groups excluding carboxylic acids is 1. The van der Waals surface area contributed by atoms with Crippen molar-refractivity contribution in [3.63, 3.8) is 0 Å². The molecule has 0 aromatic rings. The van der Waals surface area contributed by atoms with Crippen molar-refractivity contribution in [2.75, 3.05) is 13.7 Å². The Hall–Kier alpha value is -0.810. The van der Waals surface area contributed by atoms with E-state index in [2.05, 4.69) is 5.32 Å². The molecule has 0 rings (SSSR count). The molecule has 0 spiro atoms. The van der Waals surface area contributed by atoms with E-state index in [1.165, 1.54) is 0 Å². The second-order valence-electron chi connectivity index (χ2n) is 6.09. The first-order chi connectivity index (χ1) is 8.05. The van der Waals surface area contributed by atoms with Crippen LogP contribution in [0.5, 0.6) is 0 Å². The fourth-order valence-corrected chi connectivity index (χ4v) is 1.80. The van der Waals surface area contributed by atoms with Crippen LogP contribution in [0, 0.1) is 5.92 Å². The molecule has 0 aliphatic rings. The minimum atomic E-state index is -0.606. The smallest absolute Gasteiger partial charge is 0.407 e. The van der Waals surface area contributed by atoms with Crippen LogP contribution >= 0.6 is 0 Å².